The number of aliphatic hydroxyl groups is 1. The van der Waals surface area contributed by atoms with Gasteiger partial charge in [-0.2, -0.15) is 0 Å². The highest BCUT2D eigenvalue weighted by Gasteiger charge is 2.59. The smallest absolute Gasteiger partial charge is 0.0596 e. The Morgan fingerprint density at radius 1 is 1.04 bits per heavy atom. The Morgan fingerprint density at radius 2 is 1.87 bits per heavy atom. The molecule has 4 aliphatic carbocycles. The van der Waals surface area contributed by atoms with Crippen molar-refractivity contribution in [1.29, 1.82) is 0 Å². The van der Waals surface area contributed by atoms with Crippen molar-refractivity contribution in [2.75, 3.05) is 0 Å². The van der Waals surface area contributed by atoms with Crippen molar-refractivity contribution in [3.63, 3.8) is 0 Å². The van der Waals surface area contributed by atoms with Crippen molar-refractivity contribution in [1.82, 2.24) is 4.98 Å². The van der Waals surface area contributed by atoms with E-state index in [-0.39, 0.29) is 11.5 Å². The van der Waals surface area contributed by atoms with Crippen molar-refractivity contribution in [2.24, 2.45) is 34.5 Å². The number of nitrogens with one attached hydrogen (secondary N) is 1. The van der Waals surface area contributed by atoms with Gasteiger partial charge in [-0.05, 0) is 97.5 Å². The number of hydrogen-bond acceptors (Lipinski definition) is 1. The van der Waals surface area contributed by atoms with Crippen LogP contribution in [0.2, 0.25) is 0 Å². The number of hydrogen-bond donors (Lipinski definition) is 2. The second-order valence-electron chi connectivity index (χ2n) is 9.66. The highest BCUT2D eigenvalue weighted by Crippen LogP contribution is 2.65. The van der Waals surface area contributed by atoms with Crippen molar-refractivity contribution >= 4 is 0 Å². The SMILES string of the molecule is C[C@]12Cc3cc[nH]c3C[C@@H]1CC[C@@H]1[C@@H]2CC[C@]2(C)[C@@H](O)CC[C@@H]12. The normalized spacial score (nSPS) is 51.5. The predicted molar refractivity (Wildman–Crippen MR) is 92.1 cm³/mol. The lowest BCUT2D eigenvalue weighted by Gasteiger charge is -2.60. The van der Waals surface area contributed by atoms with Gasteiger partial charge in [-0.25, -0.2) is 0 Å². The van der Waals surface area contributed by atoms with E-state index in [9.17, 15) is 5.11 Å². The standard InChI is InChI=1S/C21H31NO/c1-20-9-7-17-15(16(20)5-6-19(20)23)4-3-14-11-18-13(8-10-22-18)12-21(14,17)2/h8,10,14-17,19,22-23H,3-7,9,11-12H2,1-2H3/t14-,15-,16-,17-,19-,20-,21-/m0/s1. The number of aromatic nitrogens is 1. The average Bonchev–Trinajstić information content (AvgIpc) is 3.08. The van der Waals surface area contributed by atoms with E-state index in [1.807, 2.05) is 0 Å². The van der Waals surface area contributed by atoms with Crippen molar-refractivity contribution in [3.05, 3.63) is 23.5 Å². The minimum atomic E-state index is -0.0402. The second kappa shape index (κ2) is 4.65. The molecule has 0 saturated heterocycles. The van der Waals surface area contributed by atoms with Gasteiger partial charge in [0.15, 0.2) is 0 Å². The van der Waals surface area contributed by atoms with Crippen LogP contribution in [0.3, 0.4) is 0 Å². The summed E-state index contributed by atoms with van der Waals surface area (Å²) in [5.41, 5.74) is 3.82. The van der Waals surface area contributed by atoms with Crippen molar-refractivity contribution in [2.45, 2.75) is 71.3 Å². The molecule has 2 nitrogen and oxygen atoms in total. The first-order chi connectivity index (χ1) is 11.0. The van der Waals surface area contributed by atoms with Crippen LogP contribution in [-0.4, -0.2) is 16.2 Å². The van der Waals surface area contributed by atoms with Gasteiger partial charge in [0.2, 0.25) is 0 Å². The number of fused-ring (bicyclic) bond motifs is 6. The van der Waals surface area contributed by atoms with Gasteiger partial charge >= 0.3 is 0 Å². The minimum Gasteiger partial charge on any atom is -0.393 e. The van der Waals surface area contributed by atoms with Crippen LogP contribution in [0.1, 0.15) is 63.6 Å². The van der Waals surface area contributed by atoms with Gasteiger partial charge in [-0.15, -0.1) is 0 Å². The van der Waals surface area contributed by atoms with Gasteiger partial charge in [0.1, 0.15) is 0 Å². The molecule has 23 heavy (non-hydrogen) atoms. The first-order valence-corrected chi connectivity index (χ1v) is 9.85. The van der Waals surface area contributed by atoms with Crippen LogP contribution in [0.5, 0.6) is 0 Å². The van der Waals surface area contributed by atoms with E-state index < -0.39 is 0 Å². The summed E-state index contributed by atoms with van der Waals surface area (Å²) < 4.78 is 0. The Hall–Kier alpha value is -0.760. The van der Waals surface area contributed by atoms with Crippen LogP contribution in [0.4, 0.5) is 0 Å². The molecule has 3 saturated carbocycles. The largest absolute Gasteiger partial charge is 0.393 e. The number of H-pyrrole nitrogens is 1. The van der Waals surface area contributed by atoms with Gasteiger partial charge in [0.05, 0.1) is 6.10 Å². The third-order valence-corrected chi connectivity index (χ3v) is 8.97. The van der Waals surface area contributed by atoms with Crippen LogP contribution in [0.15, 0.2) is 12.3 Å². The van der Waals surface area contributed by atoms with Crippen LogP contribution < -0.4 is 0 Å². The molecule has 0 radical (unpaired) electrons. The van der Waals surface area contributed by atoms with E-state index in [4.69, 9.17) is 0 Å². The molecule has 0 aliphatic heterocycles. The van der Waals surface area contributed by atoms with Crippen molar-refractivity contribution < 1.29 is 5.11 Å². The molecule has 126 valence electrons. The molecule has 0 bridgehead atoms. The number of aromatic amines is 1. The lowest BCUT2D eigenvalue weighted by molar-refractivity contribution is -0.111. The molecular weight excluding hydrogens is 282 g/mol. The van der Waals surface area contributed by atoms with Crippen LogP contribution in [0, 0.1) is 34.5 Å². The summed E-state index contributed by atoms with van der Waals surface area (Å²) in [5.74, 6) is 3.40. The van der Waals surface area contributed by atoms with Crippen molar-refractivity contribution in [3.8, 4) is 0 Å². The molecule has 1 aromatic heterocycles. The monoisotopic (exact) mass is 313 g/mol. The number of aliphatic hydroxyl groups excluding tert-OH is 1. The van der Waals surface area contributed by atoms with E-state index in [1.165, 1.54) is 50.6 Å². The Balaban J connectivity index is 1.50. The summed E-state index contributed by atoms with van der Waals surface area (Å²) in [6, 6.07) is 2.33. The quantitative estimate of drug-likeness (QED) is 0.734. The highest BCUT2D eigenvalue weighted by atomic mass is 16.3. The lowest BCUT2D eigenvalue weighted by atomic mass is 9.45. The summed E-state index contributed by atoms with van der Waals surface area (Å²) in [7, 11) is 0. The summed E-state index contributed by atoms with van der Waals surface area (Å²) in [4.78, 5) is 3.50. The molecule has 1 heterocycles. The first-order valence-electron chi connectivity index (χ1n) is 9.85. The Kier molecular flexibility index (Phi) is 2.95. The predicted octanol–water partition coefficient (Wildman–Crippen LogP) is 4.33. The average molecular weight is 313 g/mol. The Bertz CT molecular complexity index is 621. The molecule has 7 atom stereocenters. The minimum absolute atomic E-state index is 0.0402. The van der Waals surface area contributed by atoms with E-state index >= 15 is 0 Å². The molecule has 3 fully saturated rings. The van der Waals surface area contributed by atoms with Gasteiger partial charge in [0, 0.05) is 11.9 Å². The van der Waals surface area contributed by atoms with E-state index in [0.29, 0.717) is 5.41 Å². The van der Waals surface area contributed by atoms with Gasteiger partial charge in [-0.1, -0.05) is 13.8 Å². The molecule has 1 aromatic rings. The Morgan fingerprint density at radius 3 is 2.74 bits per heavy atom. The maximum Gasteiger partial charge on any atom is 0.0596 e. The van der Waals surface area contributed by atoms with Crippen LogP contribution >= 0.6 is 0 Å². The molecule has 5 rings (SSSR count). The first kappa shape index (κ1) is 14.6. The lowest BCUT2D eigenvalue weighted by Crippen LogP contribution is -2.54. The fraction of sp³-hybridized carbons (Fsp3) is 0.810. The fourth-order valence-corrected chi connectivity index (χ4v) is 7.57. The molecule has 0 aromatic carbocycles. The van der Waals surface area contributed by atoms with Gasteiger partial charge in [-0.3, -0.25) is 0 Å². The van der Waals surface area contributed by atoms with E-state index in [2.05, 4.69) is 31.1 Å². The fourth-order valence-electron chi connectivity index (χ4n) is 7.57. The molecule has 0 amide bonds. The van der Waals surface area contributed by atoms with Crippen LogP contribution in [-0.2, 0) is 12.8 Å². The zero-order valence-corrected chi connectivity index (χ0v) is 14.6. The third-order valence-electron chi connectivity index (χ3n) is 8.97. The second-order valence-corrected chi connectivity index (χ2v) is 9.66. The van der Waals surface area contributed by atoms with E-state index in [1.54, 1.807) is 5.56 Å². The zero-order chi connectivity index (χ0) is 15.8. The summed E-state index contributed by atoms with van der Waals surface area (Å²) in [5, 5.41) is 10.6. The van der Waals surface area contributed by atoms with E-state index in [0.717, 1.165) is 30.1 Å². The highest BCUT2D eigenvalue weighted by molar-refractivity contribution is 5.28. The summed E-state index contributed by atoms with van der Waals surface area (Å²) >= 11 is 0. The Labute approximate surface area is 140 Å². The zero-order valence-electron chi connectivity index (χ0n) is 14.6. The molecule has 0 unspecified atom stereocenters. The molecule has 2 heteroatoms. The van der Waals surface area contributed by atoms with Gasteiger partial charge < -0.3 is 10.1 Å². The van der Waals surface area contributed by atoms with Gasteiger partial charge in [0.25, 0.3) is 0 Å². The third kappa shape index (κ3) is 1.79. The molecule has 2 N–H and O–H groups in total. The summed E-state index contributed by atoms with van der Waals surface area (Å²) in [6.07, 6.45) is 12.4. The molecule has 4 aliphatic rings. The van der Waals surface area contributed by atoms with Crippen LogP contribution in [0.25, 0.3) is 0 Å². The summed E-state index contributed by atoms with van der Waals surface area (Å²) in [6.45, 7) is 5.00. The maximum atomic E-state index is 10.6. The maximum absolute atomic E-state index is 10.6. The number of rotatable bonds is 0. The molecular formula is C21H31NO. The molecule has 0 spiro atoms. The topological polar surface area (TPSA) is 36.0 Å².